The number of hydrogen-bond acceptors (Lipinski definition) is 4. The molecule has 0 radical (unpaired) electrons. The molecule has 0 aliphatic carbocycles. The van der Waals surface area contributed by atoms with Crippen molar-refractivity contribution >= 4 is 11.8 Å². The zero-order valence-corrected chi connectivity index (χ0v) is 15.2. The van der Waals surface area contributed by atoms with Crippen LogP contribution in [0.2, 0.25) is 0 Å². The van der Waals surface area contributed by atoms with E-state index in [1.807, 2.05) is 52.2 Å². The van der Waals surface area contributed by atoms with Gasteiger partial charge in [0.2, 0.25) is 11.8 Å². The Morgan fingerprint density at radius 3 is 2.93 bits per heavy atom. The van der Waals surface area contributed by atoms with E-state index in [1.165, 1.54) is 0 Å². The second-order valence-electron chi connectivity index (χ2n) is 7.15. The fourth-order valence-corrected chi connectivity index (χ4v) is 4.07. The van der Waals surface area contributed by atoms with E-state index >= 15 is 0 Å². The fraction of sp³-hybridized carbons (Fsp3) is 0.450. The van der Waals surface area contributed by atoms with Crippen LogP contribution in [0.4, 0.5) is 0 Å². The van der Waals surface area contributed by atoms with Gasteiger partial charge >= 0.3 is 0 Å². The van der Waals surface area contributed by atoms with Crippen LogP contribution < -0.4 is 5.32 Å². The topological polar surface area (TPSA) is 76.5 Å². The average Bonchev–Trinajstić information content (AvgIpc) is 3.21. The van der Waals surface area contributed by atoms with Crippen LogP contribution in [0.25, 0.3) is 0 Å². The average molecular weight is 368 g/mol. The molecule has 2 aliphatic heterocycles. The van der Waals surface area contributed by atoms with Gasteiger partial charge in [0.05, 0.1) is 5.54 Å². The first-order chi connectivity index (χ1) is 13.2. The largest absolute Gasteiger partial charge is 0.364 e. The highest BCUT2D eigenvalue weighted by molar-refractivity contribution is 5.80. The van der Waals surface area contributed by atoms with Crippen molar-refractivity contribution in [2.75, 3.05) is 19.7 Å². The Labute approximate surface area is 158 Å². The molecule has 0 spiro atoms. The number of fused-ring (bicyclic) bond motifs is 1. The number of aromatic nitrogens is 2. The molecule has 2 fully saturated rings. The maximum absolute atomic E-state index is 12.7. The van der Waals surface area contributed by atoms with Gasteiger partial charge in [-0.05, 0) is 24.5 Å². The monoisotopic (exact) mass is 368 g/mol. The van der Waals surface area contributed by atoms with Gasteiger partial charge in [-0.25, -0.2) is 0 Å². The van der Waals surface area contributed by atoms with Gasteiger partial charge in [0, 0.05) is 38.4 Å². The van der Waals surface area contributed by atoms with Crippen molar-refractivity contribution in [3.05, 3.63) is 54.4 Å². The number of morpholine rings is 1. The minimum Gasteiger partial charge on any atom is -0.364 e. The molecule has 142 valence electrons. The number of rotatable bonds is 5. The number of nitrogens with zero attached hydrogens (tertiary/aromatic N) is 3. The normalized spacial score (nSPS) is 25.0. The number of amides is 2. The Morgan fingerprint density at radius 1 is 1.30 bits per heavy atom. The summed E-state index contributed by atoms with van der Waals surface area (Å²) in [5, 5.41) is 7.32. The first-order valence-electron chi connectivity index (χ1n) is 9.41. The van der Waals surface area contributed by atoms with Gasteiger partial charge in [-0.15, -0.1) is 0 Å². The number of aryl methyl sites for hydroxylation is 1. The maximum Gasteiger partial charge on any atom is 0.246 e. The summed E-state index contributed by atoms with van der Waals surface area (Å²) in [5.41, 5.74) is 0.483. The van der Waals surface area contributed by atoms with E-state index in [0.29, 0.717) is 25.9 Å². The Hall–Kier alpha value is -2.67. The molecule has 1 N–H and O–H groups in total. The summed E-state index contributed by atoms with van der Waals surface area (Å²) in [6, 6.07) is 11.8. The molecule has 1 aromatic carbocycles. The molecular formula is C20H24N4O3. The van der Waals surface area contributed by atoms with Crippen molar-refractivity contribution in [2.24, 2.45) is 0 Å². The van der Waals surface area contributed by atoms with Crippen molar-refractivity contribution in [1.82, 2.24) is 20.0 Å². The molecule has 1 aromatic heterocycles. The van der Waals surface area contributed by atoms with Crippen LogP contribution in [0.3, 0.4) is 0 Å². The fourth-order valence-electron chi connectivity index (χ4n) is 4.07. The highest BCUT2D eigenvalue weighted by atomic mass is 16.5. The Morgan fingerprint density at radius 2 is 2.15 bits per heavy atom. The highest BCUT2D eigenvalue weighted by Gasteiger charge is 2.49. The van der Waals surface area contributed by atoms with Crippen molar-refractivity contribution in [2.45, 2.75) is 37.5 Å². The summed E-state index contributed by atoms with van der Waals surface area (Å²) in [4.78, 5) is 26.6. The zero-order chi connectivity index (χ0) is 18.7. The lowest BCUT2D eigenvalue weighted by molar-refractivity contribution is -0.157. The van der Waals surface area contributed by atoms with Crippen molar-refractivity contribution < 1.29 is 14.3 Å². The Bertz CT molecular complexity index is 793. The van der Waals surface area contributed by atoms with Crippen molar-refractivity contribution in [3.8, 4) is 0 Å². The summed E-state index contributed by atoms with van der Waals surface area (Å²) in [5.74, 6) is 0.0263. The first-order valence-corrected chi connectivity index (χ1v) is 9.41. The lowest BCUT2D eigenvalue weighted by atomic mass is 9.77. The molecule has 2 aliphatic rings. The van der Waals surface area contributed by atoms with E-state index in [1.54, 1.807) is 6.20 Å². The summed E-state index contributed by atoms with van der Waals surface area (Å²) in [6.07, 6.45) is 5.29. The third-order valence-electron chi connectivity index (χ3n) is 5.47. The number of piperidine rings is 1. The van der Waals surface area contributed by atoms with Crippen LogP contribution in [0.15, 0.2) is 48.8 Å². The van der Waals surface area contributed by atoms with Crippen LogP contribution >= 0.6 is 0 Å². The molecule has 2 aromatic rings. The lowest BCUT2D eigenvalue weighted by Crippen LogP contribution is -2.67. The van der Waals surface area contributed by atoms with E-state index in [4.69, 9.17) is 4.74 Å². The van der Waals surface area contributed by atoms with Gasteiger partial charge in [-0.2, -0.15) is 5.10 Å². The summed E-state index contributed by atoms with van der Waals surface area (Å²) in [7, 11) is 0. The maximum atomic E-state index is 12.7. The molecule has 2 amide bonds. The number of ether oxygens (including phenoxy) is 1. The van der Waals surface area contributed by atoms with E-state index in [2.05, 4.69) is 10.4 Å². The van der Waals surface area contributed by atoms with E-state index < -0.39 is 5.54 Å². The molecule has 2 atom stereocenters. The van der Waals surface area contributed by atoms with Gasteiger partial charge in [0.15, 0.2) is 0 Å². The van der Waals surface area contributed by atoms with Gasteiger partial charge in [-0.1, -0.05) is 30.3 Å². The Balaban J connectivity index is 1.42. The van der Waals surface area contributed by atoms with Crippen LogP contribution in [-0.4, -0.2) is 52.3 Å². The van der Waals surface area contributed by atoms with Crippen LogP contribution in [0.1, 0.15) is 24.8 Å². The Kier molecular flexibility index (Phi) is 4.94. The molecular weight excluding hydrogens is 344 g/mol. The lowest BCUT2D eigenvalue weighted by Gasteiger charge is -2.50. The summed E-state index contributed by atoms with van der Waals surface area (Å²) in [6.45, 7) is 1.88. The van der Waals surface area contributed by atoms with Crippen molar-refractivity contribution in [3.63, 3.8) is 0 Å². The first kappa shape index (κ1) is 17.7. The molecule has 4 rings (SSSR count). The number of carbonyl (C=O) groups is 2. The zero-order valence-electron chi connectivity index (χ0n) is 15.2. The predicted octanol–water partition coefficient (Wildman–Crippen LogP) is 1.31. The van der Waals surface area contributed by atoms with Gasteiger partial charge in [0.1, 0.15) is 12.7 Å². The summed E-state index contributed by atoms with van der Waals surface area (Å²) < 4.78 is 7.71. The quantitative estimate of drug-likeness (QED) is 0.863. The minimum atomic E-state index is -0.553. The van der Waals surface area contributed by atoms with E-state index in [-0.39, 0.29) is 24.5 Å². The van der Waals surface area contributed by atoms with Gasteiger partial charge in [0.25, 0.3) is 0 Å². The molecule has 0 saturated carbocycles. The molecule has 27 heavy (non-hydrogen) atoms. The van der Waals surface area contributed by atoms with Crippen LogP contribution in [0, 0.1) is 0 Å². The summed E-state index contributed by atoms with van der Waals surface area (Å²) >= 11 is 0. The second-order valence-corrected chi connectivity index (χ2v) is 7.15. The minimum absolute atomic E-state index is 0.0422. The third kappa shape index (κ3) is 3.60. The molecule has 3 heterocycles. The molecule has 7 heteroatoms. The van der Waals surface area contributed by atoms with E-state index in [0.717, 1.165) is 18.5 Å². The standard InChI is InChI=1S/C20H24N4O3/c25-18-15-27-17-14-23(19(26)8-4-11-24-12-5-10-21-24)13-9-20(17,22-18)16-6-2-1-3-7-16/h1-3,5-7,10,12,17H,4,8-9,11,13-15H2,(H,22,25)/t17-,20+/m1/s1. The van der Waals surface area contributed by atoms with Crippen molar-refractivity contribution in [1.29, 1.82) is 0 Å². The highest BCUT2D eigenvalue weighted by Crippen LogP contribution is 2.37. The molecule has 2 saturated heterocycles. The molecule has 0 unspecified atom stereocenters. The number of hydrogen-bond donors (Lipinski definition) is 1. The number of benzene rings is 1. The number of likely N-dealkylation sites (tertiary alicyclic amines) is 1. The third-order valence-corrected chi connectivity index (χ3v) is 5.47. The van der Waals surface area contributed by atoms with Gasteiger partial charge < -0.3 is 15.0 Å². The number of carbonyl (C=O) groups excluding carboxylic acids is 2. The SMILES string of the molecule is O=C1CO[C@@H]2CN(C(=O)CCCn3cccn3)CC[C@@]2(c2ccccc2)N1. The van der Waals surface area contributed by atoms with Crippen LogP contribution in [-0.2, 0) is 26.4 Å². The smallest absolute Gasteiger partial charge is 0.246 e. The predicted molar refractivity (Wildman–Crippen MR) is 98.7 cm³/mol. The molecule has 0 bridgehead atoms. The number of nitrogens with one attached hydrogen (secondary N) is 1. The van der Waals surface area contributed by atoms with Crippen LogP contribution in [0.5, 0.6) is 0 Å². The molecule has 7 nitrogen and oxygen atoms in total. The van der Waals surface area contributed by atoms with E-state index in [9.17, 15) is 9.59 Å². The second kappa shape index (κ2) is 7.52. The van der Waals surface area contributed by atoms with Gasteiger partial charge in [-0.3, -0.25) is 14.3 Å².